The first-order chi connectivity index (χ1) is 11.5. The lowest BCUT2D eigenvalue weighted by molar-refractivity contribution is 0.0344. The number of hydrogen-bond acceptors (Lipinski definition) is 3. The van der Waals surface area contributed by atoms with Crippen LogP contribution in [0.2, 0.25) is 0 Å². The number of carbonyl (C=O) groups is 1. The maximum atomic E-state index is 13.3. The molecule has 0 aliphatic carbocycles. The third-order valence-corrected chi connectivity index (χ3v) is 4.48. The van der Waals surface area contributed by atoms with E-state index in [1.165, 1.54) is 12.1 Å². The molecular weight excluding hydrogens is 309 g/mol. The first-order valence-corrected chi connectivity index (χ1v) is 8.21. The minimum atomic E-state index is -0.549. The van der Waals surface area contributed by atoms with E-state index in [-0.39, 0.29) is 17.6 Å². The number of ether oxygens (including phenoxy) is 1. The van der Waals surface area contributed by atoms with Gasteiger partial charge >= 0.3 is 0 Å². The Morgan fingerprint density at radius 2 is 1.96 bits per heavy atom. The molecule has 2 N–H and O–H groups in total. The molecule has 1 saturated heterocycles. The van der Waals surface area contributed by atoms with Gasteiger partial charge in [0.1, 0.15) is 17.3 Å². The van der Waals surface area contributed by atoms with Crippen molar-refractivity contribution < 1.29 is 13.9 Å². The zero-order valence-corrected chi connectivity index (χ0v) is 13.9. The average Bonchev–Trinajstić information content (AvgIpc) is 3.07. The summed E-state index contributed by atoms with van der Waals surface area (Å²) in [5.74, 6) is 0.506. The van der Waals surface area contributed by atoms with Crippen molar-refractivity contribution in [2.24, 2.45) is 0 Å². The number of carbonyl (C=O) groups excluding carboxylic acids is 1. The number of nitrogens with one attached hydrogen (secondary N) is 2. The lowest BCUT2D eigenvalue weighted by atomic mass is 9.82. The number of amides is 1. The van der Waals surface area contributed by atoms with E-state index in [1.807, 2.05) is 13.8 Å². The van der Waals surface area contributed by atoms with Crippen LogP contribution in [0.1, 0.15) is 54.5 Å². The van der Waals surface area contributed by atoms with Gasteiger partial charge in [0.15, 0.2) is 0 Å². The van der Waals surface area contributed by atoms with E-state index >= 15 is 0 Å². The Bertz CT molecular complexity index is 703. The Balaban J connectivity index is 1.86. The lowest BCUT2D eigenvalue weighted by Gasteiger charge is -2.38. The third-order valence-electron chi connectivity index (χ3n) is 4.48. The summed E-state index contributed by atoms with van der Waals surface area (Å²) in [6, 6.07) is 6.30. The van der Waals surface area contributed by atoms with Crippen molar-refractivity contribution in [1.29, 1.82) is 0 Å². The van der Waals surface area contributed by atoms with Crippen LogP contribution in [0.4, 0.5) is 4.39 Å². The molecule has 0 saturated carbocycles. The van der Waals surface area contributed by atoms with Crippen LogP contribution in [-0.4, -0.2) is 29.1 Å². The number of halogens is 1. The number of hydrogen-bond donors (Lipinski definition) is 2. The number of benzene rings is 1. The first kappa shape index (κ1) is 16.6. The summed E-state index contributed by atoms with van der Waals surface area (Å²) < 4.78 is 18.7. The first-order valence-electron chi connectivity index (χ1n) is 8.21. The van der Waals surface area contributed by atoms with Gasteiger partial charge in [0, 0.05) is 19.1 Å². The van der Waals surface area contributed by atoms with Crippen molar-refractivity contribution in [3.8, 4) is 0 Å². The number of imidazole rings is 1. The molecule has 5 nitrogen and oxygen atoms in total. The standard InChI is InChI=1S/C18H22FN3O2/c1-12(2)16-20-11-15(21-16)17(23)22-18(7-9-24-10-8-18)13-3-5-14(19)6-4-13/h3-6,11-12H,7-10H2,1-2H3,(H,20,21)(H,22,23). The topological polar surface area (TPSA) is 67.0 Å². The van der Waals surface area contributed by atoms with Crippen LogP contribution >= 0.6 is 0 Å². The highest BCUT2D eigenvalue weighted by atomic mass is 19.1. The van der Waals surface area contributed by atoms with E-state index in [4.69, 9.17) is 4.74 Å². The second-order valence-corrected chi connectivity index (χ2v) is 6.49. The van der Waals surface area contributed by atoms with Crippen molar-refractivity contribution >= 4 is 5.91 Å². The maximum Gasteiger partial charge on any atom is 0.270 e. The summed E-state index contributed by atoms with van der Waals surface area (Å²) in [4.78, 5) is 20.0. The molecule has 0 spiro atoms. The molecule has 2 aromatic rings. The molecule has 1 amide bonds. The second kappa shape index (κ2) is 6.73. The lowest BCUT2D eigenvalue weighted by Crippen LogP contribution is -2.49. The highest BCUT2D eigenvalue weighted by molar-refractivity contribution is 5.92. The Morgan fingerprint density at radius 1 is 1.29 bits per heavy atom. The van der Waals surface area contributed by atoms with Crippen LogP contribution in [0.25, 0.3) is 0 Å². The molecule has 1 fully saturated rings. The van der Waals surface area contributed by atoms with Gasteiger partial charge < -0.3 is 15.0 Å². The summed E-state index contributed by atoms with van der Waals surface area (Å²) in [6.07, 6.45) is 2.85. The molecule has 2 heterocycles. The van der Waals surface area contributed by atoms with Crippen molar-refractivity contribution in [3.05, 3.63) is 53.4 Å². The van der Waals surface area contributed by atoms with Gasteiger partial charge in [0.2, 0.25) is 0 Å². The van der Waals surface area contributed by atoms with Gasteiger partial charge in [-0.25, -0.2) is 9.37 Å². The van der Waals surface area contributed by atoms with Gasteiger partial charge in [0.25, 0.3) is 5.91 Å². The van der Waals surface area contributed by atoms with Crippen molar-refractivity contribution in [1.82, 2.24) is 15.3 Å². The quantitative estimate of drug-likeness (QED) is 0.904. The number of nitrogens with zero attached hydrogens (tertiary/aromatic N) is 1. The summed E-state index contributed by atoms with van der Waals surface area (Å²) in [7, 11) is 0. The van der Waals surface area contributed by atoms with E-state index in [0.29, 0.717) is 31.7 Å². The van der Waals surface area contributed by atoms with Crippen LogP contribution in [-0.2, 0) is 10.3 Å². The largest absolute Gasteiger partial charge is 0.381 e. The molecule has 128 valence electrons. The predicted molar refractivity (Wildman–Crippen MR) is 88.3 cm³/mol. The zero-order valence-electron chi connectivity index (χ0n) is 13.9. The van der Waals surface area contributed by atoms with E-state index in [1.54, 1.807) is 18.3 Å². The second-order valence-electron chi connectivity index (χ2n) is 6.49. The Morgan fingerprint density at radius 3 is 2.54 bits per heavy atom. The van der Waals surface area contributed by atoms with Gasteiger partial charge in [-0.2, -0.15) is 0 Å². The molecule has 0 radical (unpaired) electrons. The molecule has 0 atom stereocenters. The van der Waals surface area contributed by atoms with Crippen molar-refractivity contribution in [2.45, 2.75) is 38.1 Å². The Labute approximate surface area is 140 Å². The number of aromatic nitrogens is 2. The van der Waals surface area contributed by atoms with Crippen molar-refractivity contribution in [2.75, 3.05) is 13.2 Å². The normalized spacial score (nSPS) is 17.0. The zero-order chi connectivity index (χ0) is 17.2. The predicted octanol–water partition coefficient (Wildman–Crippen LogP) is 3.11. The molecule has 0 unspecified atom stereocenters. The SMILES string of the molecule is CC(C)c1ncc(C(=O)NC2(c3ccc(F)cc3)CCOCC2)[nH]1. The highest BCUT2D eigenvalue weighted by Gasteiger charge is 2.36. The molecule has 1 aliphatic heterocycles. The molecule has 0 bridgehead atoms. The van der Waals surface area contributed by atoms with Crippen LogP contribution in [0.15, 0.2) is 30.5 Å². The van der Waals surface area contributed by atoms with Gasteiger partial charge in [-0.05, 0) is 30.5 Å². The average molecular weight is 331 g/mol. The maximum absolute atomic E-state index is 13.3. The summed E-state index contributed by atoms with van der Waals surface area (Å²) in [5, 5.41) is 3.12. The summed E-state index contributed by atoms with van der Waals surface area (Å²) in [5.41, 5.74) is 0.780. The van der Waals surface area contributed by atoms with E-state index in [9.17, 15) is 9.18 Å². The van der Waals surface area contributed by atoms with Crippen LogP contribution < -0.4 is 5.32 Å². The highest BCUT2D eigenvalue weighted by Crippen LogP contribution is 2.32. The molecular formula is C18H22FN3O2. The summed E-state index contributed by atoms with van der Waals surface area (Å²) in [6.45, 7) is 5.13. The molecule has 1 aromatic heterocycles. The fourth-order valence-electron chi connectivity index (χ4n) is 3.00. The van der Waals surface area contributed by atoms with Crippen molar-refractivity contribution in [3.63, 3.8) is 0 Å². The number of aromatic amines is 1. The minimum absolute atomic E-state index is 0.208. The molecule has 6 heteroatoms. The van der Waals surface area contributed by atoms with Gasteiger partial charge in [-0.1, -0.05) is 26.0 Å². The fourth-order valence-corrected chi connectivity index (χ4v) is 3.00. The van der Waals surface area contributed by atoms with Gasteiger partial charge in [-0.15, -0.1) is 0 Å². The smallest absolute Gasteiger partial charge is 0.270 e. The van der Waals surface area contributed by atoms with Crippen LogP contribution in [0.5, 0.6) is 0 Å². The Kier molecular flexibility index (Phi) is 4.66. The molecule has 24 heavy (non-hydrogen) atoms. The monoisotopic (exact) mass is 331 g/mol. The van der Waals surface area contributed by atoms with Gasteiger partial charge in [-0.3, -0.25) is 4.79 Å². The molecule has 1 aromatic carbocycles. The minimum Gasteiger partial charge on any atom is -0.381 e. The van der Waals surface area contributed by atoms with Gasteiger partial charge in [0.05, 0.1) is 11.7 Å². The number of rotatable bonds is 4. The van der Waals surface area contributed by atoms with E-state index < -0.39 is 5.54 Å². The van der Waals surface area contributed by atoms with Crippen LogP contribution in [0, 0.1) is 5.82 Å². The Hall–Kier alpha value is -2.21. The molecule has 1 aliphatic rings. The van der Waals surface area contributed by atoms with E-state index in [0.717, 1.165) is 11.4 Å². The fraction of sp³-hybridized carbons (Fsp3) is 0.444. The van der Waals surface area contributed by atoms with Crippen LogP contribution in [0.3, 0.4) is 0 Å². The van der Waals surface area contributed by atoms with E-state index in [2.05, 4.69) is 15.3 Å². The third kappa shape index (κ3) is 3.33. The number of H-pyrrole nitrogens is 1. The molecule has 3 rings (SSSR count). The summed E-state index contributed by atoms with van der Waals surface area (Å²) >= 11 is 0.